The predicted octanol–water partition coefficient (Wildman–Crippen LogP) is 3.25. The molecule has 1 heterocycles. The van der Waals surface area contributed by atoms with Crippen molar-refractivity contribution in [3.63, 3.8) is 0 Å². The van der Waals surface area contributed by atoms with Gasteiger partial charge in [0.05, 0.1) is 17.1 Å². The Bertz CT molecular complexity index is 653. The molecule has 4 nitrogen and oxygen atoms in total. The van der Waals surface area contributed by atoms with Crippen molar-refractivity contribution in [1.29, 1.82) is 0 Å². The van der Waals surface area contributed by atoms with Crippen molar-refractivity contribution in [2.45, 2.75) is 26.1 Å². The van der Waals surface area contributed by atoms with Gasteiger partial charge in [-0.05, 0) is 24.6 Å². The van der Waals surface area contributed by atoms with E-state index in [2.05, 4.69) is 15.0 Å². The number of amides is 1. The van der Waals surface area contributed by atoms with Gasteiger partial charge in [-0.1, -0.05) is 12.1 Å². The number of ether oxygens (including phenoxy) is 1. The molecular formula is C15H15F3N2O2S. The number of hydrogen-bond acceptors (Lipinski definition) is 4. The van der Waals surface area contributed by atoms with Gasteiger partial charge in [0.2, 0.25) is 5.91 Å². The first-order valence-corrected chi connectivity index (χ1v) is 7.66. The van der Waals surface area contributed by atoms with E-state index in [-0.39, 0.29) is 18.1 Å². The Morgan fingerprint density at radius 2 is 2.00 bits per heavy atom. The van der Waals surface area contributed by atoms with Gasteiger partial charge in [0.15, 0.2) is 6.61 Å². The zero-order valence-corrected chi connectivity index (χ0v) is 13.1. The number of hydrogen-bond donors (Lipinski definition) is 1. The number of carbonyl (C=O) groups excluding carboxylic acids is 1. The van der Waals surface area contributed by atoms with Gasteiger partial charge in [-0.2, -0.15) is 13.2 Å². The van der Waals surface area contributed by atoms with Gasteiger partial charge in [-0.3, -0.25) is 4.79 Å². The molecule has 2 rings (SSSR count). The Morgan fingerprint density at radius 3 is 2.57 bits per heavy atom. The molecule has 0 aliphatic rings. The lowest BCUT2D eigenvalue weighted by Crippen LogP contribution is -2.24. The maximum Gasteiger partial charge on any atom is 0.422 e. The van der Waals surface area contributed by atoms with Crippen molar-refractivity contribution in [3.8, 4) is 5.75 Å². The fraction of sp³-hybridized carbons (Fsp3) is 0.333. The van der Waals surface area contributed by atoms with Gasteiger partial charge in [0, 0.05) is 11.9 Å². The van der Waals surface area contributed by atoms with Gasteiger partial charge in [0.25, 0.3) is 0 Å². The summed E-state index contributed by atoms with van der Waals surface area (Å²) in [6.07, 6.45) is -4.15. The molecule has 1 N–H and O–H groups in total. The molecule has 8 heteroatoms. The Hall–Kier alpha value is -2.09. The predicted molar refractivity (Wildman–Crippen MR) is 80.4 cm³/mol. The third-order valence-electron chi connectivity index (χ3n) is 2.82. The highest BCUT2D eigenvalue weighted by Gasteiger charge is 2.28. The molecule has 0 aliphatic heterocycles. The normalized spacial score (nSPS) is 11.3. The van der Waals surface area contributed by atoms with Crippen LogP contribution in [0.25, 0.3) is 0 Å². The smallest absolute Gasteiger partial charge is 0.422 e. The van der Waals surface area contributed by atoms with E-state index in [9.17, 15) is 18.0 Å². The van der Waals surface area contributed by atoms with Gasteiger partial charge < -0.3 is 10.1 Å². The van der Waals surface area contributed by atoms with E-state index in [1.165, 1.54) is 23.5 Å². The monoisotopic (exact) mass is 344 g/mol. The molecular weight excluding hydrogens is 329 g/mol. The number of aromatic nitrogens is 1. The molecule has 1 aromatic heterocycles. The zero-order chi connectivity index (χ0) is 16.9. The van der Waals surface area contributed by atoms with Gasteiger partial charge in [0.1, 0.15) is 5.75 Å². The summed E-state index contributed by atoms with van der Waals surface area (Å²) in [5, 5.41) is 5.48. The molecule has 0 atom stereocenters. The van der Waals surface area contributed by atoms with Crippen LogP contribution < -0.4 is 10.1 Å². The van der Waals surface area contributed by atoms with E-state index in [0.29, 0.717) is 6.54 Å². The summed E-state index contributed by atoms with van der Waals surface area (Å²) in [5.74, 6) is -0.0250. The van der Waals surface area contributed by atoms with Crippen molar-refractivity contribution in [2.75, 3.05) is 6.61 Å². The van der Waals surface area contributed by atoms with Crippen LogP contribution in [0.3, 0.4) is 0 Å². The van der Waals surface area contributed by atoms with Crippen molar-refractivity contribution in [1.82, 2.24) is 10.3 Å². The third kappa shape index (κ3) is 6.27. The summed E-state index contributed by atoms with van der Waals surface area (Å²) in [4.78, 5) is 16.0. The summed E-state index contributed by atoms with van der Waals surface area (Å²) in [6.45, 7) is 0.839. The number of thiazole rings is 1. The van der Waals surface area contributed by atoms with Crippen molar-refractivity contribution < 1.29 is 22.7 Å². The number of alkyl halides is 3. The average molecular weight is 344 g/mol. The van der Waals surface area contributed by atoms with Crippen LogP contribution >= 0.6 is 11.3 Å². The minimum atomic E-state index is -4.36. The van der Waals surface area contributed by atoms with Crippen molar-refractivity contribution >= 4 is 17.2 Å². The van der Waals surface area contributed by atoms with Gasteiger partial charge in [-0.25, -0.2) is 4.98 Å². The van der Waals surface area contributed by atoms with E-state index < -0.39 is 12.8 Å². The molecule has 0 saturated heterocycles. The SMILES string of the molecule is Cc1nc(CC(=O)NCc2ccc(OCC(F)(F)F)cc2)cs1. The topological polar surface area (TPSA) is 51.2 Å². The molecule has 0 radical (unpaired) electrons. The summed E-state index contributed by atoms with van der Waals surface area (Å²) in [7, 11) is 0. The van der Waals surface area contributed by atoms with Crippen LogP contribution in [0, 0.1) is 6.92 Å². The second-order valence-electron chi connectivity index (χ2n) is 4.86. The third-order valence-corrected chi connectivity index (χ3v) is 3.65. The van der Waals surface area contributed by atoms with E-state index >= 15 is 0 Å². The van der Waals surface area contributed by atoms with Crippen LogP contribution in [0.5, 0.6) is 5.75 Å². The van der Waals surface area contributed by atoms with Crippen LogP contribution in [0.4, 0.5) is 13.2 Å². The van der Waals surface area contributed by atoms with E-state index in [0.717, 1.165) is 16.3 Å². The number of aryl methyl sites for hydroxylation is 1. The Kier molecular flexibility index (Phi) is 5.59. The summed E-state index contributed by atoms with van der Waals surface area (Å²) in [6, 6.07) is 6.10. The fourth-order valence-corrected chi connectivity index (χ4v) is 2.40. The minimum Gasteiger partial charge on any atom is -0.484 e. The molecule has 0 aliphatic carbocycles. The molecule has 1 aromatic carbocycles. The minimum absolute atomic E-state index is 0.135. The molecule has 0 fully saturated rings. The number of nitrogens with zero attached hydrogens (tertiary/aromatic N) is 1. The van der Waals surface area contributed by atoms with Gasteiger partial charge >= 0.3 is 6.18 Å². The summed E-state index contributed by atoms with van der Waals surface area (Å²) in [5.41, 5.74) is 1.49. The van der Waals surface area contributed by atoms with E-state index in [1.807, 2.05) is 12.3 Å². The largest absolute Gasteiger partial charge is 0.484 e. The Balaban J connectivity index is 1.78. The van der Waals surface area contributed by atoms with Crippen molar-refractivity contribution in [3.05, 3.63) is 45.9 Å². The van der Waals surface area contributed by atoms with E-state index in [1.54, 1.807) is 12.1 Å². The lowest BCUT2D eigenvalue weighted by Gasteiger charge is -2.10. The first-order chi connectivity index (χ1) is 10.8. The van der Waals surface area contributed by atoms with Crippen LogP contribution in [0.1, 0.15) is 16.3 Å². The number of benzene rings is 1. The number of halogens is 3. The van der Waals surface area contributed by atoms with Gasteiger partial charge in [-0.15, -0.1) is 11.3 Å². The van der Waals surface area contributed by atoms with Crippen LogP contribution in [0.2, 0.25) is 0 Å². The van der Waals surface area contributed by atoms with Crippen LogP contribution in [-0.4, -0.2) is 23.7 Å². The molecule has 0 spiro atoms. The number of carbonyl (C=O) groups is 1. The van der Waals surface area contributed by atoms with Crippen LogP contribution in [0.15, 0.2) is 29.6 Å². The molecule has 0 unspecified atom stereocenters. The first kappa shape index (κ1) is 17.3. The number of rotatable bonds is 6. The maximum atomic E-state index is 12.0. The molecule has 124 valence electrons. The van der Waals surface area contributed by atoms with Crippen molar-refractivity contribution in [2.24, 2.45) is 0 Å². The highest BCUT2D eigenvalue weighted by atomic mass is 32.1. The van der Waals surface area contributed by atoms with E-state index in [4.69, 9.17) is 0 Å². The number of nitrogens with one attached hydrogen (secondary N) is 1. The van der Waals surface area contributed by atoms with Crippen LogP contribution in [-0.2, 0) is 17.8 Å². The zero-order valence-electron chi connectivity index (χ0n) is 12.3. The molecule has 1 amide bonds. The molecule has 23 heavy (non-hydrogen) atoms. The summed E-state index contributed by atoms with van der Waals surface area (Å²) < 4.78 is 40.7. The Morgan fingerprint density at radius 1 is 1.30 bits per heavy atom. The first-order valence-electron chi connectivity index (χ1n) is 6.78. The highest BCUT2D eigenvalue weighted by Crippen LogP contribution is 2.18. The summed E-state index contributed by atoms with van der Waals surface area (Å²) >= 11 is 1.48. The molecule has 0 saturated carbocycles. The fourth-order valence-electron chi connectivity index (χ4n) is 1.79. The quantitative estimate of drug-likeness (QED) is 0.875. The highest BCUT2D eigenvalue weighted by molar-refractivity contribution is 7.09. The molecule has 0 bridgehead atoms. The standard InChI is InChI=1S/C15H15F3N2O2S/c1-10-20-12(8-23-10)6-14(21)19-7-11-2-4-13(5-3-11)22-9-15(16,17)18/h2-5,8H,6-7,9H2,1H3,(H,19,21). The molecule has 2 aromatic rings. The second-order valence-corrected chi connectivity index (χ2v) is 5.92. The maximum absolute atomic E-state index is 12.0. The lowest BCUT2D eigenvalue weighted by molar-refractivity contribution is -0.153. The second kappa shape index (κ2) is 7.45. The average Bonchev–Trinajstić information content (AvgIpc) is 2.88. The Labute approximate surface area is 135 Å². The lowest BCUT2D eigenvalue weighted by atomic mass is 10.2.